The average molecular weight is 398 g/mol. The molecule has 0 amide bonds. The first kappa shape index (κ1) is 17.4. The zero-order valence-corrected chi connectivity index (χ0v) is 15.0. The number of nitrogens with zero attached hydrogens (tertiary/aromatic N) is 3. The van der Waals surface area contributed by atoms with E-state index in [1.165, 1.54) is 44.0 Å². The van der Waals surface area contributed by atoms with Crippen LogP contribution in [0.4, 0.5) is 0 Å². The second kappa shape index (κ2) is 9.28. The maximum atomic E-state index is 6.07. The minimum atomic E-state index is 0. The average Bonchev–Trinajstić information content (AvgIpc) is 2.85. The van der Waals surface area contributed by atoms with Crippen molar-refractivity contribution in [2.75, 3.05) is 50.8 Å². The summed E-state index contributed by atoms with van der Waals surface area (Å²) in [5.41, 5.74) is 6.07. The second-order valence-corrected chi connectivity index (χ2v) is 6.48. The standard InChI is InChI=1S/C13H26N4S.HI/c1-2-4-16-5-3-12(11-16)10-15-13(14)17-6-8-18-9-7-17;/h12H,2-11H2,1H3,(H2,14,15);1H. The fourth-order valence-corrected chi connectivity index (χ4v) is 3.60. The molecule has 0 aromatic carbocycles. The normalized spacial score (nSPS) is 25.4. The van der Waals surface area contributed by atoms with Gasteiger partial charge in [-0.25, -0.2) is 0 Å². The van der Waals surface area contributed by atoms with Crippen LogP contribution in [0.25, 0.3) is 0 Å². The van der Waals surface area contributed by atoms with Crippen LogP contribution in [-0.4, -0.2) is 66.5 Å². The molecule has 112 valence electrons. The van der Waals surface area contributed by atoms with Crippen LogP contribution in [0.5, 0.6) is 0 Å². The molecule has 1 unspecified atom stereocenters. The number of likely N-dealkylation sites (tertiary alicyclic amines) is 1. The van der Waals surface area contributed by atoms with Gasteiger partial charge in [-0.05, 0) is 31.8 Å². The number of aliphatic imine (C=N–C) groups is 1. The van der Waals surface area contributed by atoms with Gasteiger partial charge in [0.15, 0.2) is 5.96 Å². The second-order valence-electron chi connectivity index (χ2n) is 5.25. The van der Waals surface area contributed by atoms with E-state index in [1.54, 1.807) is 0 Å². The Bertz CT molecular complexity index is 282. The van der Waals surface area contributed by atoms with E-state index in [0.29, 0.717) is 5.92 Å². The summed E-state index contributed by atoms with van der Waals surface area (Å²) in [6, 6.07) is 0. The van der Waals surface area contributed by atoms with Crippen LogP contribution in [0.15, 0.2) is 4.99 Å². The van der Waals surface area contributed by atoms with E-state index in [1.807, 2.05) is 11.8 Å². The van der Waals surface area contributed by atoms with E-state index in [-0.39, 0.29) is 24.0 Å². The van der Waals surface area contributed by atoms with Crippen LogP contribution in [0.1, 0.15) is 19.8 Å². The van der Waals surface area contributed by atoms with E-state index in [0.717, 1.165) is 25.6 Å². The first-order chi connectivity index (χ1) is 8.79. The number of guanidine groups is 1. The third-order valence-corrected chi connectivity index (χ3v) is 4.70. The molecule has 2 saturated heterocycles. The van der Waals surface area contributed by atoms with E-state index >= 15 is 0 Å². The van der Waals surface area contributed by atoms with E-state index < -0.39 is 0 Å². The fourth-order valence-electron chi connectivity index (χ4n) is 2.70. The van der Waals surface area contributed by atoms with Gasteiger partial charge in [0.25, 0.3) is 0 Å². The molecule has 2 aliphatic heterocycles. The summed E-state index contributed by atoms with van der Waals surface area (Å²) < 4.78 is 0. The Kier molecular flexibility index (Phi) is 8.48. The summed E-state index contributed by atoms with van der Waals surface area (Å²) in [6.45, 7) is 8.97. The smallest absolute Gasteiger partial charge is 0.191 e. The summed E-state index contributed by atoms with van der Waals surface area (Å²) in [6.07, 6.45) is 2.54. The fraction of sp³-hybridized carbons (Fsp3) is 0.923. The minimum Gasteiger partial charge on any atom is -0.370 e. The van der Waals surface area contributed by atoms with Crippen LogP contribution in [0.3, 0.4) is 0 Å². The Balaban J connectivity index is 0.00000180. The molecular formula is C13H27IN4S. The molecule has 0 radical (unpaired) electrons. The predicted octanol–water partition coefficient (Wildman–Crippen LogP) is 1.70. The molecule has 2 rings (SSSR count). The Morgan fingerprint density at radius 3 is 2.74 bits per heavy atom. The highest BCUT2D eigenvalue weighted by Gasteiger charge is 2.21. The number of nitrogens with two attached hydrogens (primary N) is 1. The highest BCUT2D eigenvalue weighted by molar-refractivity contribution is 14.0. The van der Waals surface area contributed by atoms with Gasteiger partial charge < -0.3 is 15.5 Å². The molecule has 2 heterocycles. The Labute approximate surface area is 138 Å². The van der Waals surface area contributed by atoms with Crippen molar-refractivity contribution in [2.45, 2.75) is 19.8 Å². The van der Waals surface area contributed by atoms with Gasteiger partial charge in [-0.2, -0.15) is 11.8 Å². The van der Waals surface area contributed by atoms with Crippen molar-refractivity contribution in [1.29, 1.82) is 0 Å². The van der Waals surface area contributed by atoms with Gasteiger partial charge in [-0.1, -0.05) is 6.92 Å². The Morgan fingerprint density at radius 1 is 1.32 bits per heavy atom. The molecule has 6 heteroatoms. The van der Waals surface area contributed by atoms with Gasteiger partial charge >= 0.3 is 0 Å². The summed E-state index contributed by atoms with van der Waals surface area (Å²) in [5.74, 6) is 3.85. The van der Waals surface area contributed by atoms with Crippen molar-refractivity contribution in [1.82, 2.24) is 9.80 Å². The van der Waals surface area contributed by atoms with Gasteiger partial charge in [0.1, 0.15) is 0 Å². The number of thioether (sulfide) groups is 1. The van der Waals surface area contributed by atoms with E-state index in [2.05, 4.69) is 21.7 Å². The van der Waals surface area contributed by atoms with Gasteiger partial charge in [0.2, 0.25) is 0 Å². The lowest BCUT2D eigenvalue weighted by Gasteiger charge is -2.27. The topological polar surface area (TPSA) is 44.9 Å². The molecule has 1 atom stereocenters. The molecule has 2 N–H and O–H groups in total. The molecule has 19 heavy (non-hydrogen) atoms. The summed E-state index contributed by atoms with van der Waals surface area (Å²) in [5, 5.41) is 0. The highest BCUT2D eigenvalue weighted by Crippen LogP contribution is 2.16. The van der Waals surface area contributed by atoms with Crippen molar-refractivity contribution in [3.8, 4) is 0 Å². The van der Waals surface area contributed by atoms with Gasteiger partial charge in [-0.15, -0.1) is 24.0 Å². The molecule has 2 fully saturated rings. The number of hydrogen-bond acceptors (Lipinski definition) is 3. The molecule has 0 spiro atoms. The highest BCUT2D eigenvalue weighted by atomic mass is 127. The zero-order valence-electron chi connectivity index (χ0n) is 11.9. The van der Waals surface area contributed by atoms with Gasteiger partial charge in [0, 0.05) is 37.7 Å². The summed E-state index contributed by atoms with van der Waals surface area (Å²) in [7, 11) is 0. The maximum absolute atomic E-state index is 6.07. The first-order valence-electron chi connectivity index (χ1n) is 7.14. The molecular weight excluding hydrogens is 371 g/mol. The van der Waals surface area contributed by atoms with Crippen LogP contribution < -0.4 is 5.73 Å². The Morgan fingerprint density at radius 2 is 2.05 bits per heavy atom. The lowest BCUT2D eigenvalue weighted by molar-refractivity contribution is 0.326. The minimum absolute atomic E-state index is 0. The van der Waals surface area contributed by atoms with E-state index in [4.69, 9.17) is 5.73 Å². The van der Waals surface area contributed by atoms with Crippen LogP contribution in [-0.2, 0) is 0 Å². The monoisotopic (exact) mass is 398 g/mol. The lowest BCUT2D eigenvalue weighted by Crippen LogP contribution is -2.43. The number of hydrogen-bond donors (Lipinski definition) is 1. The van der Waals surface area contributed by atoms with Crippen molar-refractivity contribution in [2.24, 2.45) is 16.6 Å². The Hall–Kier alpha value is 0.310. The third kappa shape index (κ3) is 5.67. The number of rotatable bonds is 4. The molecule has 4 nitrogen and oxygen atoms in total. The zero-order chi connectivity index (χ0) is 12.8. The van der Waals surface area contributed by atoms with Crippen LogP contribution in [0, 0.1) is 5.92 Å². The summed E-state index contributed by atoms with van der Waals surface area (Å²) in [4.78, 5) is 9.39. The quantitative estimate of drug-likeness (QED) is 0.445. The maximum Gasteiger partial charge on any atom is 0.191 e. The number of halogens is 1. The van der Waals surface area contributed by atoms with Crippen LogP contribution >= 0.6 is 35.7 Å². The lowest BCUT2D eigenvalue weighted by atomic mass is 10.1. The van der Waals surface area contributed by atoms with Gasteiger partial charge in [0.05, 0.1) is 0 Å². The molecule has 0 saturated carbocycles. The van der Waals surface area contributed by atoms with Gasteiger partial charge in [-0.3, -0.25) is 4.99 Å². The van der Waals surface area contributed by atoms with Crippen molar-refractivity contribution < 1.29 is 0 Å². The molecule has 0 aliphatic carbocycles. The summed E-state index contributed by atoms with van der Waals surface area (Å²) >= 11 is 2.01. The van der Waals surface area contributed by atoms with E-state index in [9.17, 15) is 0 Å². The molecule has 0 aromatic heterocycles. The largest absolute Gasteiger partial charge is 0.370 e. The third-order valence-electron chi connectivity index (χ3n) is 3.76. The first-order valence-corrected chi connectivity index (χ1v) is 8.30. The van der Waals surface area contributed by atoms with Crippen molar-refractivity contribution in [3.63, 3.8) is 0 Å². The molecule has 0 bridgehead atoms. The van der Waals surface area contributed by atoms with Crippen molar-refractivity contribution >= 4 is 41.7 Å². The molecule has 0 aromatic rings. The predicted molar refractivity (Wildman–Crippen MR) is 95.6 cm³/mol. The van der Waals surface area contributed by atoms with Crippen molar-refractivity contribution in [3.05, 3.63) is 0 Å². The van der Waals surface area contributed by atoms with Crippen LogP contribution in [0.2, 0.25) is 0 Å². The SMILES string of the molecule is CCCN1CCC(CN=C(N)N2CCSCC2)C1.I. The molecule has 2 aliphatic rings.